The Morgan fingerprint density at radius 3 is 2.68 bits per heavy atom. The quantitative estimate of drug-likeness (QED) is 0.875. The fourth-order valence-corrected chi connectivity index (χ4v) is 2.04. The van der Waals surface area contributed by atoms with Crippen LogP contribution in [-0.2, 0) is 0 Å². The van der Waals surface area contributed by atoms with E-state index in [1.165, 1.54) is 0 Å². The fraction of sp³-hybridized carbons (Fsp3) is 0.333. The molecule has 2 nitrogen and oxygen atoms in total. The molecule has 0 atom stereocenters. The van der Waals surface area contributed by atoms with Gasteiger partial charge in [-0.1, -0.05) is 30.4 Å². The molecule has 1 aromatic carbocycles. The normalized spacial score (nSPS) is 14.8. The summed E-state index contributed by atoms with van der Waals surface area (Å²) in [5.41, 5.74) is 1.79. The molecule has 2 rings (SSSR count). The van der Waals surface area contributed by atoms with Gasteiger partial charge in [0, 0.05) is 11.4 Å². The summed E-state index contributed by atoms with van der Waals surface area (Å²) < 4.78 is 25.4. The van der Waals surface area contributed by atoms with Crippen LogP contribution in [-0.4, -0.2) is 19.5 Å². The molecule has 0 aliphatic carbocycles. The van der Waals surface area contributed by atoms with E-state index in [9.17, 15) is 8.78 Å². The minimum absolute atomic E-state index is 0.257. The van der Waals surface area contributed by atoms with Gasteiger partial charge in [-0.05, 0) is 31.2 Å². The molecule has 0 spiro atoms. The van der Waals surface area contributed by atoms with Gasteiger partial charge in [0.05, 0.1) is 13.1 Å². The van der Waals surface area contributed by atoms with E-state index in [-0.39, 0.29) is 6.54 Å². The van der Waals surface area contributed by atoms with Crippen molar-refractivity contribution in [1.82, 2.24) is 5.32 Å². The molecule has 1 N–H and O–H groups in total. The lowest BCUT2D eigenvalue weighted by Crippen LogP contribution is -2.33. The molecule has 0 saturated carbocycles. The van der Waals surface area contributed by atoms with Crippen molar-refractivity contribution in [2.45, 2.75) is 19.3 Å². The first-order valence-corrected chi connectivity index (χ1v) is 6.44. The molecular formula is C15H18F2N2. The van der Waals surface area contributed by atoms with E-state index in [0.717, 1.165) is 24.2 Å². The van der Waals surface area contributed by atoms with Crippen molar-refractivity contribution in [3.63, 3.8) is 0 Å². The van der Waals surface area contributed by atoms with Crippen molar-refractivity contribution < 1.29 is 8.78 Å². The minimum Gasteiger partial charge on any atom is -0.364 e. The number of alkyl halides is 2. The molecule has 0 fully saturated rings. The van der Waals surface area contributed by atoms with E-state index in [1.54, 1.807) is 4.90 Å². The molecule has 1 aliphatic rings. The van der Waals surface area contributed by atoms with Crippen molar-refractivity contribution in [3.05, 3.63) is 54.4 Å². The highest BCUT2D eigenvalue weighted by Crippen LogP contribution is 2.17. The Hall–Kier alpha value is -1.84. The first-order valence-electron chi connectivity index (χ1n) is 6.44. The number of anilines is 1. The van der Waals surface area contributed by atoms with Gasteiger partial charge in [0.2, 0.25) is 0 Å². The number of para-hydroxylation sites is 1. The van der Waals surface area contributed by atoms with Gasteiger partial charge in [-0.2, -0.15) is 0 Å². The highest BCUT2D eigenvalue weighted by Gasteiger charge is 2.14. The van der Waals surface area contributed by atoms with E-state index in [1.807, 2.05) is 42.6 Å². The maximum atomic E-state index is 12.7. The van der Waals surface area contributed by atoms with E-state index in [4.69, 9.17) is 0 Å². The van der Waals surface area contributed by atoms with Crippen LogP contribution >= 0.6 is 0 Å². The lowest BCUT2D eigenvalue weighted by molar-refractivity contribution is 0.155. The average Bonchev–Trinajstić information content (AvgIpc) is 2.67. The van der Waals surface area contributed by atoms with Crippen molar-refractivity contribution in [2.75, 3.05) is 18.0 Å². The molecule has 102 valence electrons. The van der Waals surface area contributed by atoms with Gasteiger partial charge in [-0.15, -0.1) is 0 Å². The van der Waals surface area contributed by atoms with Crippen LogP contribution < -0.4 is 10.2 Å². The zero-order valence-corrected chi connectivity index (χ0v) is 10.7. The summed E-state index contributed by atoms with van der Waals surface area (Å²) in [5.74, 6) is 0. The number of hydrogen-bond donors (Lipinski definition) is 1. The molecule has 0 aromatic heterocycles. The Labute approximate surface area is 112 Å². The van der Waals surface area contributed by atoms with Gasteiger partial charge >= 0.3 is 0 Å². The second-order valence-electron chi connectivity index (χ2n) is 4.46. The van der Waals surface area contributed by atoms with Crippen LogP contribution in [0.4, 0.5) is 14.5 Å². The number of rotatable bonds is 5. The van der Waals surface area contributed by atoms with Gasteiger partial charge in [0.15, 0.2) is 0 Å². The Balaban J connectivity index is 2.09. The fourth-order valence-electron chi connectivity index (χ4n) is 2.04. The van der Waals surface area contributed by atoms with Crippen molar-refractivity contribution >= 4 is 5.69 Å². The molecule has 1 aromatic rings. The number of halogens is 2. The summed E-state index contributed by atoms with van der Waals surface area (Å²) in [7, 11) is 0. The topological polar surface area (TPSA) is 15.3 Å². The highest BCUT2D eigenvalue weighted by molar-refractivity contribution is 5.47. The van der Waals surface area contributed by atoms with Crippen LogP contribution in [0.25, 0.3) is 0 Å². The van der Waals surface area contributed by atoms with Gasteiger partial charge in [-0.25, -0.2) is 8.78 Å². The van der Waals surface area contributed by atoms with E-state index in [2.05, 4.69) is 11.4 Å². The third-order valence-corrected chi connectivity index (χ3v) is 2.95. The predicted molar refractivity (Wildman–Crippen MR) is 74.3 cm³/mol. The zero-order chi connectivity index (χ0) is 13.5. The first-order chi connectivity index (χ1) is 9.25. The smallest absolute Gasteiger partial charge is 0.255 e. The summed E-state index contributed by atoms with van der Waals surface area (Å²) in [6.45, 7) is 0.214. The summed E-state index contributed by atoms with van der Waals surface area (Å²) in [6.07, 6.45) is 5.57. The molecular weight excluding hydrogens is 246 g/mol. The van der Waals surface area contributed by atoms with Gasteiger partial charge in [-0.3, -0.25) is 0 Å². The average molecular weight is 264 g/mol. The summed E-state index contributed by atoms with van der Waals surface area (Å²) >= 11 is 0. The van der Waals surface area contributed by atoms with Crippen LogP contribution in [0.3, 0.4) is 0 Å². The largest absolute Gasteiger partial charge is 0.364 e. The maximum absolute atomic E-state index is 12.7. The molecule has 0 saturated heterocycles. The molecule has 0 bridgehead atoms. The lowest BCUT2D eigenvalue weighted by atomic mass is 10.2. The van der Waals surface area contributed by atoms with Crippen molar-refractivity contribution in [2.24, 2.45) is 0 Å². The minimum atomic E-state index is -2.35. The molecule has 1 heterocycles. The van der Waals surface area contributed by atoms with Crippen molar-refractivity contribution in [1.29, 1.82) is 0 Å². The van der Waals surface area contributed by atoms with E-state index in [0.29, 0.717) is 6.54 Å². The van der Waals surface area contributed by atoms with Gasteiger partial charge < -0.3 is 10.2 Å². The Morgan fingerprint density at radius 1 is 1.16 bits per heavy atom. The Morgan fingerprint density at radius 2 is 1.95 bits per heavy atom. The second kappa shape index (κ2) is 6.92. The Bertz CT molecular complexity index is 441. The van der Waals surface area contributed by atoms with Crippen LogP contribution in [0.5, 0.6) is 0 Å². The summed E-state index contributed by atoms with van der Waals surface area (Å²) in [5, 5.41) is 3.15. The first kappa shape index (κ1) is 13.6. The maximum Gasteiger partial charge on any atom is 0.255 e. The van der Waals surface area contributed by atoms with E-state index >= 15 is 0 Å². The molecule has 0 radical (unpaired) electrons. The Kier molecular flexibility index (Phi) is 4.95. The monoisotopic (exact) mass is 264 g/mol. The molecule has 4 heteroatoms. The summed E-state index contributed by atoms with van der Waals surface area (Å²) in [6, 6.07) is 9.33. The number of allylic oxidation sites excluding steroid dienone is 2. The second-order valence-corrected chi connectivity index (χ2v) is 4.46. The van der Waals surface area contributed by atoms with Crippen LogP contribution in [0.2, 0.25) is 0 Å². The van der Waals surface area contributed by atoms with Crippen LogP contribution in [0, 0.1) is 0 Å². The third-order valence-electron chi connectivity index (χ3n) is 2.95. The van der Waals surface area contributed by atoms with Crippen molar-refractivity contribution in [3.8, 4) is 0 Å². The van der Waals surface area contributed by atoms with Gasteiger partial charge in [0.1, 0.15) is 0 Å². The lowest BCUT2D eigenvalue weighted by Gasteiger charge is -2.25. The van der Waals surface area contributed by atoms with Gasteiger partial charge in [0.25, 0.3) is 6.43 Å². The zero-order valence-electron chi connectivity index (χ0n) is 10.7. The summed E-state index contributed by atoms with van der Waals surface area (Å²) in [4.78, 5) is 1.70. The van der Waals surface area contributed by atoms with Crippen LogP contribution in [0.1, 0.15) is 12.8 Å². The van der Waals surface area contributed by atoms with E-state index < -0.39 is 6.43 Å². The third kappa shape index (κ3) is 4.39. The molecule has 1 aliphatic heterocycles. The predicted octanol–water partition coefficient (Wildman–Crippen LogP) is 3.54. The number of benzene rings is 1. The molecule has 19 heavy (non-hydrogen) atoms. The van der Waals surface area contributed by atoms with Crippen LogP contribution in [0.15, 0.2) is 54.4 Å². The number of nitrogens with one attached hydrogen (secondary N) is 1. The molecule has 0 amide bonds. The number of hydrogen-bond acceptors (Lipinski definition) is 2. The highest BCUT2D eigenvalue weighted by atomic mass is 19.3. The number of nitrogens with zero attached hydrogens (tertiary/aromatic N) is 1. The SMILES string of the molecule is FC(F)CN(CC1=CCCC=CN1)c1ccccc1. The molecule has 0 unspecified atom stereocenters. The standard InChI is InChI=1S/C15H18F2N2/c16-15(17)12-19(14-8-4-1-5-9-14)11-13-7-3-2-6-10-18-13/h1,4-10,15,18H,2-3,11-12H2.